The van der Waals surface area contributed by atoms with Crippen LogP contribution in [0, 0.1) is 6.92 Å². The summed E-state index contributed by atoms with van der Waals surface area (Å²) in [6.45, 7) is 5.63. The Kier molecular flexibility index (Phi) is 4.63. The summed E-state index contributed by atoms with van der Waals surface area (Å²) in [5.41, 5.74) is 3.53. The fourth-order valence-electron chi connectivity index (χ4n) is 3.78. The van der Waals surface area contributed by atoms with Crippen molar-refractivity contribution in [3.63, 3.8) is 0 Å². The van der Waals surface area contributed by atoms with E-state index in [1.165, 1.54) is 36.8 Å². The summed E-state index contributed by atoms with van der Waals surface area (Å²) in [5.74, 6) is 0. The highest BCUT2D eigenvalue weighted by Gasteiger charge is 2.24. The van der Waals surface area contributed by atoms with Crippen molar-refractivity contribution in [3.8, 4) is 0 Å². The molecule has 1 saturated heterocycles. The molecule has 24 heavy (non-hydrogen) atoms. The number of hydrogen-bond donors (Lipinski definition) is 0. The molecule has 5 heteroatoms. The van der Waals surface area contributed by atoms with E-state index in [9.17, 15) is 0 Å². The van der Waals surface area contributed by atoms with Crippen LogP contribution in [-0.2, 0) is 11.3 Å². The van der Waals surface area contributed by atoms with E-state index in [1.54, 1.807) is 0 Å². The first kappa shape index (κ1) is 15.8. The summed E-state index contributed by atoms with van der Waals surface area (Å²) < 4.78 is 8.12. The van der Waals surface area contributed by atoms with Gasteiger partial charge in [-0.1, -0.05) is 18.9 Å². The minimum absolute atomic E-state index is 0.0734. The Morgan fingerprint density at radius 2 is 2.08 bits per heavy atom. The zero-order valence-electron chi connectivity index (χ0n) is 14.4. The summed E-state index contributed by atoms with van der Waals surface area (Å²) in [4.78, 5) is 6.98. The maximum atomic E-state index is 5.93. The van der Waals surface area contributed by atoms with Gasteiger partial charge in [-0.3, -0.25) is 14.6 Å². The number of ether oxygens (including phenoxy) is 1. The average Bonchev–Trinajstić information content (AvgIpc) is 3.27. The summed E-state index contributed by atoms with van der Waals surface area (Å²) in [7, 11) is 0. The van der Waals surface area contributed by atoms with E-state index < -0.39 is 0 Å². The molecule has 1 saturated carbocycles. The molecule has 128 valence electrons. The van der Waals surface area contributed by atoms with Gasteiger partial charge in [0.15, 0.2) is 0 Å². The summed E-state index contributed by atoms with van der Waals surface area (Å²) in [6, 6.07) is 4.81. The molecule has 5 nitrogen and oxygen atoms in total. The van der Waals surface area contributed by atoms with E-state index in [0.717, 1.165) is 31.9 Å². The summed E-state index contributed by atoms with van der Waals surface area (Å²) in [6.07, 6.45) is 11.5. The number of aromatic nitrogens is 3. The highest BCUT2D eigenvalue weighted by Crippen LogP contribution is 2.29. The number of nitrogens with zero attached hydrogens (tertiary/aromatic N) is 4. The number of morpholine rings is 1. The van der Waals surface area contributed by atoms with E-state index in [4.69, 9.17) is 4.74 Å². The first-order valence-corrected chi connectivity index (χ1v) is 9.07. The van der Waals surface area contributed by atoms with Gasteiger partial charge < -0.3 is 4.74 Å². The van der Waals surface area contributed by atoms with Gasteiger partial charge in [0.05, 0.1) is 24.5 Å². The van der Waals surface area contributed by atoms with Crippen LogP contribution in [0.3, 0.4) is 0 Å². The number of aryl methyl sites for hydroxylation is 1. The summed E-state index contributed by atoms with van der Waals surface area (Å²) >= 11 is 0. The van der Waals surface area contributed by atoms with Crippen LogP contribution in [0.25, 0.3) is 0 Å². The van der Waals surface area contributed by atoms with Crippen LogP contribution in [-0.4, -0.2) is 39.4 Å². The second-order valence-electron chi connectivity index (χ2n) is 7.12. The second kappa shape index (κ2) is 7.03. The van der Waals surface area contributed by atoms with E-state index in [1.807, 2.05) is 12.4 Å². The van der Waals surface area contributed by atoms with Gasteiger partial charge in [0.1, 0.15) is 6.10 Å². The SMILES string of the molecule is Cc1ccc([C@H]2CN(Cc3cnn(C4CCCC4)c3)CCO2)nc1. The van der Waals surface area contributed by atoms with Crippen molar-refractivity contribution in [2.75, 3.05) is 19.7 Å². The molecule has 1 atom stereocenters. The van der Waals surface area contributed by atoms with Crippen molar-refractivity contribution in [1.29, 1.82) is 0 Å². The van der Waals surface area contributed by atoms with E-state index in [2.05, 4.69) is 44.9 Å². The van der Waals surface area contributed by atoms with Gasteiger partial charge in [0.2, 0.25) is 0 Å². The lowest BCUT2D eigenvalue weighted by Crippen LogP contribution is -2.38. The maximum absolute atomic E-state index is 5.93. The van der Waals surface area contributed by atoms with Crippen LogP contribution in [0.15, 0.2) is 30.7 Å². The van der Waals surface area contributed by atoms with Crippen LogP contribution in [0.2, 0.25) is 0 Å². The van der Waals surface area contributed by atoms with E-state index in [-0.39, 0.29) is 6.10 Å². The molecule has 2 aromatic rings. The lowest BCUT2D eigenvalue weighted by Gasteiger charge is -2.32. The third-order valence-corrected chi connectivity index (χ3v) is 5.17. The standard InChI is InChI=1S/C19H26N4O/c1-15-6-7-18(20-10-15)19-14-22(8-9-24-19)12-16-11-21-23(13-16)17-4-2-3-5-17/h6-7,10-11,13,17,19H,2-5,8-9,12,14H2,1H3/t19-/m1/s1. The minimum Gasteiger partial charge on any atom is -0.369 e. The Bertz CT molecular complexity index is 660. The molecule has 3 heterocycles. The molecule has 4 rings (SSSR count). The number of pyridine rings is 1. The maximum Gasteiger partial charge on any atom is 0.112 e. The molecule has 1 aliphatic carbocycles. The lowest BCUT2D eigenvalue weighted by atomic mass is 10.1. The quantitative estimate of drug-likeness (QED) is 0.865. The largest absolute Gasteiger partial charge is 0.369 e. The highest BCUT2D eigenvalue weighted by molar-refractivity contribution is 5.15. The molecule has 0 unspecified atom stereocenters. The van der Waals surface area contributed by atoms with Crippen molar-refractivity contribution < 1.29 is 4.74 Å². The Morgan fingerprint density at radius 1 is 1.21 bits per heavy atom. The molecule has 0 radical (unpaired) electrons. The Morgan fingerprint density at radius 3 is 2.88 bits per heavy atom. The average molecular weight is 326 g/mol. The summed E-state index contributed by atoms with van der Waals surface area (Å²) in [5, 5.41) is 4.60. The lowest BCUT2D eigenvalue weighted by molar-refractivity contribution is -0.0350. The van der Waals surface area contributed by atoms with Gasteiger partial charge in [-0.25, -0.2) is 0 Å². The van der Waals surface area contributed by atoms with Gasteiger partial charge in [-0.05, 0) is 31.4 Å². The van der Waals surface area contributed by atoms with Crippen molar-refractivity contribution >= 4 is 0 Å². The zero-order valence-corrected chi connectivity index (χ0v) is 14.4. The monoisotopic (exact) mass is 326 g/mol. The predicted molar refractivity (Wildman–Crippen MR) is 92.7 cm³/mol. The van der Waals surface area contributed by atoms with Crippen LogP contribution < -0.4 is 0 Å². The van der Waals surface area contributed by atoms with E-state index >= 15 is 0 Å². The Hall–Kier alpha value is -1.72. The van der Waals surface area contributed by atoms with Crippen molar-refractivity contribution in [2.24, 2.45) is 0 Å². The Balaban J connectivity index is 1.38. The topological polar surface area (TPSA) is 43.2 Å². The first-order valence-electron chi connectivity index (χ1n) is 9.07. The molecule has 0 N–H and O–H groups in total. The zero-order chi connectivity index (χ0) is 16.4. The normalized spacial score (nSPS) is 23.0. The van der Waals surface area contributed by atoms with Gasteiger partial charge in [-0.15, -0.1) is 0 Å². The molecule has 0 amide bonds. The molecule has 0 bridgehead atoms. The molecule has 2 aromatic heterocycles. The third kappa shape index (κ3) is 3.52. The number of rotatable bonds is 4. The molecule has 0 aromatic carbocycles. The van der Waals surface area contributed by atoms with Crippen LogP contribution >= 0.6 is 0 Å². The van der Waals surface area contributed by atoms with Crippen molar-refractivity contribution in [1.82, 2.24) is 19.7 Å². The third-order valence-electron chi connectivity index (χ3n) is 5.17. The van der Waals surface area contributed by atoms with Crippen LogP contribution in [0.1, 0.15) is 54.6 Å². The van der Waals surface area contributed by atoms with Gasteiger partial charge in [0.25, 0.3) is 0 Å². The molecular formula is C19H26N4O. The second-order valence-corrected chi connectivity index (χ2v) is 7.12. The first-order chi connectivity index (χ1) is 11.8. The van der Waals surface area contributed by atoms with Gasteiger partial charge >= 0.3 is 0 Å². The highest BCUT2D eigenvalue weighted by atomic mass is 16.5. The fourth-order valence-corrected chi connectivity index (χ4v) is 3.78. The molecule has 0 spiro atoms. The number of hydrogen-bond acceptors (Lipinski definition) is 4. The predicted octanol–water partition coefficient (Wildman–Crippen LogP) is 3.28. The van der Waals surface area contributed by atoms with Gasteiger partial charge in [0, 0.05) is 37.6 Å². The minimum atomic E-state index is 0.0734. The van der Waals surface area contributed by atoms with Crippen LogP contribution in [0.4, 0.5) is 0 Å². The smallest absolute Gasteiger partial charge is 0.112 e. The molecule has 2 aliphatic rings. The molecule has 1 aliphatic heterocycles. The Labute approximate surface area is 143 Å². The fraction of sp³-hybridized carbons (Fsp3) is 0.579. The molecule has 2 fully saturated rings. The van der Waals surface area contributed by atoms with E-state index in [0.29, 0.717) is 6.04 Å². The van der Waals surface area contributed by atoms with Crippen molar-refractivity contribution in [3.05, 3.63) is 47.5 Å². The van der Waals surface area contributed by atoms with Gasteiger partial charge in [-0.2, -0.15) is 5.10 Å². The van der Waals surface area contributed by atoms with Crippen LogP contribution in [0.5, 0.6) is 0 Å². The molecular weight excluding hydrogens is 300 g/mol. The van der Waals surface area contributed by atoms with Crippen molar-refractivity contribution in [2.45, 2.75) is 51.3 Å².